The van der Waals surface area contributed by atoms with Crippen LogP contribution in [0.5, 0.6) is 0 Å². The van der Waals surface area contributed by atoms with E-state index >= 15 is 0 Å². The van der Waals surface area contributed by atoms with Crippen molar-refractivity contribution in [3.05, 3.63) is 35.4 Å². The lowest BCUT2D eigenvalue weighted by atomic mass is 10.1. The minimum Gasteiger partial charge on any atom is -0.351 e. The summed E-state index contributed by atoms with van der Waals surface area (Å²) in [4.78, 5) is 10.8. The smallest absolute Gasteiger partial charge is 0.235 e. The van der Waals surface area contributed by atoms with Gasteiger partial charge in [0.1, 0.15) is 5.88 Å². The minimum absolute atomic E-state index is 0.0115. The van der Waals surface area contributed by atoms with Gasteiger partial charge in [-0.3, -0.25) is 4.79 Å². The molecular formula is C11H10ClNO. The van der Waals surface area contributed by atoms with E-state index in [1.54, 1.807) is 0 Å². The number of carbonyl (C=O) groups excluding carboxylic acids is 1. The minimum atomic E-state index is -0.173. The summed E-state index contributed by atoms with van der Waals surface area (Å²) in [6.07, 6.45) is 5.21. The molecule has 0 spiro atoms. The first-order valence-corrected chi connectivity index (χ1v) is 4.68. The molecule has 0 aliphatic carbocycles. The third-order valence-electron chi connectivity index (χ3n) is 1.73. The lowest BCUT2D eigenvalue weighted by Gasteiger charge is -2.02. The van der Waals surface area contributed by atoms with Crippen molar-refractivity contribution in [3.8, 4) is 12.3 Å². The van der Waals surface area contributed by atoms with Gasteiger partial charge in [-0.2, -0.15) is 0 Å². The number of benzene rings is 1. The highest BCUT2D eigenvalue weighted by Gasteiger charge is 1.97. The first-order chi connectivity index (χ1) is 6.76. The lowest BCUT2D eigenvalue weighted by molar-refractivity contribution is -0.118. The van der Waals surface area contributed by atoms with Crippen molar-refractivity contribution in [2.45, 2.75) is 6.54 Å². The fourth-order valence-electron chi connectivity index (χ4n) is 0.967. The maximum absolute atomic E-state index is 10.8. The standard InChI is InChI=1S/C11H10ClNO/c1-2-9-3-5-10(6-4-9)8-13-11(14)7-12/h1,3-6H,7-8H2,(H,13,14). The van der Waals surface area contributed by atoms with E-state index < -0.39 is 0 Å². The number of terminal acetylenes is 1. The molecule has 0 atom stereocenters. The van der Waals surface area contributed by atoms with Crippen LogP contribution in [0.2, 0.25) is 0 Å². The third kappa shape index (κ3) is 3.12. The van der Waals surface area contributed by atoms with E-state index in [4.69, 9.17) is 18.0 Å². The summed E-state index contributed by atoms with van der Waals surface area (Å²) >= 11 is 5.33. The van der Waals surface area contributed by atoms with Crippen molar-refractivity contribution in [2.24, 2.45) is 0 Å². The van der Waals surface area contributed by atoms with Crippen LogP contribution in [0, 0.1) is 12.3 Å². The largest absolute Gasteiger partial charge is 0.351 e. The summed E-state index contributed by atoms with van der Waals surface area (Å²) < 4.78 is 0. The highest BCUT2D eigenvalue weighted by Crippen LogP contribution is 2.02. The molecule has 1 N–H and O–H groups in total. The lowest BCUT2D eigenvalue weighted by Crippen LogP contribution is -2.23. The van der Waals surface area contributed by atoms with E-state index in [-0.39, 0.29) is 11.8 Å². The number of rotatable bonds is 3. The molecule has 0 fully saturated rings. The quantitative estimate of drug-likeness (QED) is 0.591. The molecule has 0 aromatic heterocycles. The summed E-state index contributed by atoms with van der Waals surface area (Å²) in [5.74, 6) is 2.34. The van der Waals surface area contributed by atoms with Gasteiger partial charge in [0.25, 0.3) is 0 Å². The van der Waals surface area contributed by atoms with Crippen LogP contribution in [0.4, 0.5) is 0 Å². The number of alkyl halides is 1. The average Bonchev–Trinajstić information content (AvgIpc) is 2.26. The van der Waals surface area contributed by atoms with Crippen LogP contribution in [0.25, 0.3) is 0 Å². The Morgan fingerprint density at radius 3 is 2.57 bits per heavy atom. The van der Waals surface area contributed by atoms with E-state index in [2.05, 4.69) is 11.2 Å². The number of amides is 1. The van der Waals surface area contributed by atoms with Crippen LogP contribution in [-0.2, 0) is 11.3 Å². The Morgan fingerprint density at radius 2 is 2.07 bits per heavy atom. The van der Waals surface area contributed by atoms with Gasteiger partial charge >= 0.3 is 0 Å². The molecule has 0 unspecified atom stereocenters. The zero-order chi connectivity index (χ0) is 10.4. The second-order valence-corrected chi connectivity index (χ2v) is 3.02. The molecule has 14 heavy (non-hydrogen) atoms. The number of carbonyl (C=O) groups is 1. The Kier molecular flexibility index (Phi) is 4.03. The van der Waals surface area contributed by atoms with Gasteiger partial charge in [-0.25, -0.2) is 0 Å². The van der Waals surface area contributed by atoms with Crippen LogP contribution in [-0.4, -0.2) is 11.8 Å². The molecule has 0 heterocycles. The highest BCUT2D eigenvalue weighted by atomic mass is 35.5. The SMILES string of the molecule is C#Cc1ccc(CNC(=O)CCl)cc1. The van der Waals surface area contributed by atoms with E-state index in [0.29, 0.717) is 6.54 Å². The van der Waals surface area contributed by atoms with Gasteiger partial charge in [-0.05, 0) is 17.7 Å². The molecule has 1 rings (SSSR count). The second kappa shape index (κ2) is 5.31. The van der Waals surface area contributed by atoms with Crippen molar-refractivity contribution in [1.29, 1.82) is 0 Å². The Balaban J connectivity index is 2.53. The average molecular weight is 208 g/mol. The molecule has 1 aromatic carbocycles. The van der Waals surface area contributed by atoms with Crippen molar-refractivity contribution in [2.75, 3.05) is 5.88 Å². The van der Waals surface area contributed by atoms with Crippen LogP contribution < -0.4 is 5.32 Å². The third-order valence-corrected chi connectivity index (χ3v) is 1.97. The van der Waals surface area contributed by atoms with E-state index in [1.807, 2.05) is 24.3 Å². The van der Waals surface area contributed by atoms with Gasteiger partial charge in [0, 0.05) is 12.1 Å². The van der Waals surface area contributed by atoms with Gasteiger partial charge in [-0.15, -0.1) is 18.0 Å². The summed E-state index contributed by atoms with van der Waals surface area (Å²) in [6.45, 7) is 0.483. The van der Waals surface area contributed by atoms with E-state index in [9.17, 15) is 4.79 Å². The maximum Gasteiger partial charge on any atom is 0.235 e. The van der Waals surface area contributed by atoms with Crippen LogP contribution >= 0.6 is 11.6 Å². The molecule has 1 amide bonds. The highest BCUT2D eigenvalue weighted by molar-refractivity contribution is 6.27. The molecule has 3 heteroatoms. The molecule has 0 aliphatic rings. The maximum atomic E-state index is 10.8. The Morgan fingerprint density at radius 1 is 1.43 bits per heavy atom. The van der Waals surface area contributed by atoms with Crippen molar-refractivity contribution >= 4 is 17.5 Å². The number of hydrogen-bond acceptors (Lipinski definition) is 1. The summed E-state index contributed by atoms with van der Waals surface area (Å²) in [6, 6.07) is 7.43. The van der Waals surface area contributed by atoms with E-state index in [1.165, 1.54) is 0 Å². The van der Waals surface area contributed by atoms with Crippen LogP contribution in [0.3, 0.4) is 0 Å². The first kappa shape index (κ1) is 10.6. The van der Waals surface area contributed by atoms with Crippen molar-refractivity contribution in [1.82, 2.24) is 5.32 Å². The fourth-order valence-corrected chi connectivity index (χ4v) is 1.06. The number of halogens is 1. The molecule has 0 radical (unpaired) electrons. The first-order valence-electron chi connectivity index (χ1n) is 4.14. The molecule has 2 nitrogen and oxygen atoms in total. The summed E-state index contributed by atoms with van der Waals surface area (Å²) in [5.41, 5.74) is 1.83. The van der Waals surface area contributed by atoms with Gasteiger partial charge in [0.2, 0.25) is 5.91 Å². The summed E-state index contributed by atoms with van der Waals surface area (Å²) in [7, 11) is 0. The van der Waals surface area contributed by atoms with E-state index in [0.717, 1.165) is 11.1 Å². The van der Waals surface area contributed by atoms with Gasteiger partial charge in [0.15, 0.2) is 0 Å². The van der Waals surface area contributed by atoms with Crippen molar-refractivity contribution < 1.29 is 4.79 Å². The Labute approximate surface area is 88.3 Å². The Bertz CT molecular complexity index is 351. The topological polar surface area (TPSA) is 29.1 Å². The second-order valence-electron chi connectivity index (χ2n) is 2.75. The van der Waals surface area contributed by atoms with Gasteiger partial charge in [-0.1, -0.05) is 18.1 Å². The number of nitrogens with one attached hydrogen (secondary N) is 1. The van der Waals surface area contributed by atoms with Crippen molar-refractivity contribution in [3.63, 3.8) is 0 Å². The molecule has 72 valence electrons. The normalized spacial score (nSPS) is 9.14. The molecule has 0 aliphatic heterocycles. The fraction of sp³-hybridized carbons (Fsp3) is 0.182. The monoisotopic (exact) mass is 207 g/mol. The van der Waals surface area contributed by atoms with Gasteiger partial charge in [0.05, 0.1) is 0 Å². The number of hydrogen-bond donors (Lipinski definition) is 1. The molecular weight excluding hydrogens is 198 g/mol. The van der Waals surface area contributed by atoms with Crippen LogP contribution in [0.1, 0.15) is 11.1 Å². The zero-order valence-corrected chi connectivity index (χ0v) is 8.34. The molecule has 0 saturated carbocycles. The Hall–Kier alpha value is -1.46. The predicted molar refractivity (Wildman–Crippen MR) is 56.9 cm³/mol. The molecule has 0 bridgehead atoms. The predicted octanol–water partition coefficient (Wildman–Crippen LogP) is 1.52. The zero-order valence-electron chi connectivity index (χ0n) is 7.59. The van der Waals surface area contributed by atoms with Crippen LogP contribution in [0.15, 0.2) is 24.3 Å². The summed E-state index contributed by atoms with van der Waals surface area (Å²) in [5, 5.41) is 2.66. The molecule has 0 saturated heterocycles. The molecule has 1 aromatic rings. The van der Waals surface area contributed by atoms with Gasteiger partial charge < -0.3 is 5.32 Å².